The van der Waals surface area contributed by atoms with Gasteiger partial charge in [-0.3, -0.25) is 9.69 Å². The lowest BCUT2D eigenvalue weighted by atomic mass is 10.1. The van der Waals surface area contributed by atoms with Crippen molar-refractivity contribution in [2.45, 2.75) is 39.3 Å². The SMILES string of the molecule is CC(C)N1CCN(c2ccc(C(=O)NCc3ccccc3N3CCCC3)cc2)CC1. The molecule has 2 aliphatic rings. The minimum absolute atomic E-state index is 0.0117. The lowest BCUT2D eigenvalue weighted by molar-refractivity contribution is 0.0951. The van der Waals surface area contributed by atoms with E-state index in [0.29, 0.717) is 12.6 Å². The number of amides is 1. The van der Waals surface area contributed by atoms with Gasteiger partial charge in [-0.1, -0.05) is 18.2 Å². The summed E-state index contributed by atoms with van der Waals surface area (Å²) in [5.74, 6) is -0.0117. The van der Waals surface area contributed by atoms with E-state index in [-0.39, 0.29) is 5.91 Å². The van der Waals surface area contributed by atoms with Crippen molar-refractivity contribution < 1.29 is 4.79 Å². The number of carbonyl (C=O) groups is 1. The number of para-hydroxylation sites is 1. The number of nitrogens with one attached hydrogen (secondary N) is 1. The van der Waals surface area contributed by atoms with Crippen LogP contribution in [0, 0.1) is 0 Å². The Morgan fingerprint density at radius 1 is 0.867 bits per heavy atom. The smallest absolute Gasteiger partial charge is 0.251 e. The summed E-state index contributed by atoms with van der Waals surface area (Å²) in [6, 6.07) is 17.1. The van der Waals surface area contributed by atoms with Crippen LogP contribution in [0.25, 0.3) is 0 Å². The molecule has 2 heterocycles. The van der Waals surface area contributed by atoms with Crippen LogP contribution >= 0.6 is 0 Å². The van der Waals surface area contributed by atoms with Crippen LogP contribution in [0.15, 0.2) is 48.5 Å². The Labute approximate surface area is 180 Å². The van der Waals surface area contributed by atoms with Crippen molar-refractivity contribution in [3.8, 4) is 0 Å². The highest BCUT2D eigenvalue weighted by Crippen LogP contribution is 2.24. The molecule has 160 valence electrons. The number of nitrogens with zero attached hydrogens (tertiary/aromatic N) is 3. The molecule has 2 fully saturated rings. The normalized spacial score (nSPS) is 17.6. The third kappa shape index (κ3) is 4.78. The molecule has 2 aromatic carbocycles. The van der Waals surface area contributed by atoms with Gasteiger partial charge in [0.1, 0.15) is 0 Å². The van der Waals surface area contributed by atoms with Crippen LogP contribution in [0.3, 0.4) is 0 Å². The van der Waals surface area contributed by atoms with Gasteiger partial charge in [0.05, 0.1) is 0 Å². The van der Waals surface area contributed by atoms with E-state index in [9.17, 15) is 4.79 Å². The fraction of sp³-hybridized carbons (Fsp3) is 0.480. The molecule has 0 spiro atoms. The summed E-state index contributed by atoms with van der Waals surface area (Å²) in [4.78, 5) is 20.1. The van der Waals surface area contributed by atoms with E-state index in [2.05, 4.69) is 70.3 Å². The zero-order chi connectivity index (χ0) is 20.9. The van der Waals surface area contributed by atoms with Crippen molar-refractivity contribution in [1.82, 2.24) is 10.2 Å². The molecule has 1 amide bonds. The Hall–Kier alpha value is -2.53. The van der Waals surface area contributed by atoms with E-state index in [1.54, 1.807) is 0 Å². The zero-order valence-corrected chi connectivity index (χ0v) is 18.3. The first kappa shape index (κ1) is 20.7. The first-order valence-corrected chi connectivity index (χ1v) is 11.3. The zero-order valence-electron chi connectivity index (χ0n) is 18.3. The van der Waals surface area contributed by atoms with Crippen LogP contribution in [0.5, 0.6) is 0 Å². The van der Waals surface area contributed by atoms with Crippen LogP contribution < -0.4 is 15.1 Å². The van der Waals surface area contributed by atoms with Crippen LogP contribution in [0.4, 0.5) is 11.4 Å². The molecule has 0 aromatic heterocycles. The first-order chi connectivity index (χ1) is 14.6. The average Bonchev–Trinajstić information content (AvgIpc) is 3.33. The summed E-state index contributed by atoms with van der Waals surface area (Å²) < 4.78 is 0. The van der Waals surface area contributed by atoms with Crippen LogP contribution in [-0.4, -0.2) is 56.1 Å². The Morgan fingerprint density at radius 3 is 2.20 bits per heavy atom. The minimum Gasteiger partial charge on any atom is -0.371 e. The van der Waals surface area contributed by atoms with Gasteiger partial charge in [0.25, 0.3) is 5.91 Å². The van der Waals surface area contributed by atoms with E-state index in [1.165, 1.54) is 29.8 Å². The summed E-state index contributed by atoms with van der Waals surface area (Å²) in [7, 11) is 0. The van der Waals surface area contributed by atoms with E-state index in [1.807, 2.05) is 12.1 Å². The maximum Gasteiger partial charge on any atom is 0.251 e. The molecule has 0 saturated carbocycles. The minimum atomic E-state index is -0.0117. The van der Waals surface area contributed by atoms with Crippen molar-refractivity contribution in [3.63, 3.8) is 0 Å². The summed E-state index contributed by atoms with van der Waals surface area (Å²) >= 11 is 0. The summed E-state index contributed by atoms with van der Waals surface area (Å²) in [6.07, 6.45) is 2.50. The topological polar surface area (TPSA) is 38.8 Å². The monoisotopic (exact) mass is 406 g/mol. The lowest BCUT2D eigenvalue weighted by Gasteiger charge is -2.38. The van der Waals surface area contributed by atoms with Gasteiger partial charge in [-0.15, -0.1) is 0 Å². The maximum atomic E-state index is 12.7. The summed E-state index contributed by atoms with van der Waals surface area (Å²) in [6.45, 7) is 11.6. The quantitative estimate of drug-likeness (QED) is 0.793. The predicted octanol–water partition coefficient (Wildman–Crippen LogP) is 3.75. The average molecular weight is 407 g/mol. The molecule has 0 atom stereocenters. The third-order valence-corrected chi connectivity index (χ3v) is 6.42. The van der Waals surface area contributed by atoms with Gasteiger partial charge in [0.2, 0.25) is 0 Å². The third-order valence-electron chi connectivity index (χ3n) is 6.42. The first-order valence-electron chi connectivity index (χ1n) is 11.3. The summed E-state index contributed by atoms with van der Waals surface area (Å²) in [5, 5.41) is 3.11. The molecular weight excluding hydrogens is 372 g/mol. The molecule has 0 unspecified atom stereocenters. The van der Waals surface area contributed by atoms with Crippen LogP contribution in [-0.2, 0) is 6.54 Å². The summed E-state index contributed by atoms with van der Waals surface area (Å²) in [5.41, 5.74) is 4.37. The fourth-order valence-electron chi connectivity index (χ4n) is 4.52. The standard InChI is InChI=1S/C25H34N4O/c1-20(2)27-15-17-28(18-16-27)23-11-9-21(10-12-23)25(30)26-19-22-7-3-4-8-24(22)29-13-5-6-14-29/h3-4,7-12,20H,5-6,13-19H2,1-2H3,(H,26,30). The molecule has 1 N–H and O–H groups in total. The molecule has 2 aliphatic heterocycles. The van der Waals surface area contributed by atoms with E-state index >= 15 is 0 Å². The number of hydrogen-bond donors (Lipinski definition) is 1. The second kappa shape index (κ2) is 9.52. The fourth-order valence-corrected chi connectivity index (χ4v) is 4.52. The molecule has 30 heavy (non-hydrogen) atoms. The van der Waals surface area contributed by atoms with Gasteiger partial charge < -0.3 is 15.1 Å². The van der Waals surface area contributed by atoms with Gasteiger partial charge in [-0.2, -0.15) is 0 Å². The maximum absolute atomic E-state index is 12.7. The largest absolute Gasteiger partial charge is 0.371 e. The highest BCUT2D eigenvalue weighted by molar-refractivity contribution is 5.94. The molecule has 0 aliphatic carbocycles. The second-order valence-corrected chi connectivity index (χ2v) is 8.67. The number of hydrogen-bond acceptors (Lipinski definition) is 4. The lowest BCUT2D eigenvalue weighted by Crippen LogP contribution is -2.48. The highest BCUT2D eigenvalue weighted by atomic mass is 16.1. The number of carbonyl (C=O) groups excluding carboxylic acids is 1. The molecule has 2 saturated heterocycles. The van der Waals surface area contributed by atoms with Crippen LogP contribution in [0.1, 0.15) is 42.6 Å². The predicted molar refractivity (Wildman–Crippen MR) is 124 cm³/mol. The number of rotatable bonds is 6. The van der Waals surface area contributed by atoms with E-state index < -0.39 is 0 Å². The molecule has 4 rings (SSSR count). The molecule has 0 bridgehead atoms. The molecule has 0 radical (unpaired) electrons. The highest BCUT2D eigenvalue weighted by Gasteiger charge is 2.19. The van der Waals surface area contributed by atoms with Gasteiger partial charge in [-0.05, 0) is 62.6 Å². The van der Waals surface area contributed by atoms with E-state index in [4.69, 9.17) is 0 Å². The van der Waals surface area contributed by atoms with Crippen LogP contribution in [0.2, 0.25) is 0 Å². The van der Waals surface area contributed by atoms with Gasteiger partial charge in [0, 0.05) is 68.8 Å². The Morgan fingerprint density at radius 2 is 1.53 bits per heavy atom. The van der Waals surface area contributed by atoms with Crippen molar-refractivity contribution in [2.75, 3.05) is 49.1 Å². The Balaban J connectivity index is 1.34. The van der Waals surface area contributed by atoms with Gasteiger partial charge >= 0.3 is 0 Å². The second-order valence-electron chi connectivity index (χ2n) is 8.67. The van der Waals surface area contributed by atoms with Crippen molar-refractivity contribution in [3.05, 3.63) is 59.7 Å². The van der Waals surface area contributed by atoms with E-state index in [0.717, 1.165) is 44.8 Å². The van der Waals surface area contributed by atoms with Gasteiger partial charge in [-0.25, -0.2) is 0 Å². The molecule has 2 aromatic rings. The number of piperazine rings is 1. The molecule has 5 heteroatoms. The van der Waals surface area contributed by atoms with Crippen molar-refractivity contribution in [1.29, 1.82) is 0 Å². The van der Waals surface area contributed by atoms with Gasteiger partial charge in [0.15, 0.2) is 0 Å². The number of anilines is 2. The van der Waals surface area contributed by atoms with Crippen molar-refractivity contribution in [2.24, 2.45) is 0 Å². The number of benzene rings is 2. The van der Waals surface area contributed by atoms with Crippen molar-refractivity contribution >= 4 is 17.3 Å². The molecule has 5 nitrogen and oxygen atoms in total. The Kier molecular flexibility index (Phi) is 6.58. The molecular formula is C25H34N4O. The Bertz CT molecular complexity index is 834.